The normalized spacial score (nSPS) is 20.2. The predicted octanol–water partition coefficient (Wildman–Crippen LogP) is 1.82. The summed E-state index contributed by atoms with van der Waals surface area (Å²) in [6, 6.07) is 14.8. The Morgan fingerprint density at radius 3 is 2.67 bits per heavy atom. The van der Waals surface area contributed by atoms with Crippen molar-refractivity contribution in [3.05, 3.63) is 60.8 Å². The van der Waals surface area contributed by atoms with Gasteiger partial charge >= 0.3 is 0 Å². The molecule has 2 saturated heterocycles. The van der Waals surface area contributed by atoms with Gasteiger partial charge < -0.3 is 19.9 Å². The van der Waals surface area contributed by atoms with Crippen molar-refractivity contribution in [3.63, 3.8) is 0 Å². The molecule has 1 spiro atoms. The van der Waals surface area contributed by atoms with E-state index in [-0.39, 0.29) is 41.3 Å². The maximum atomic E-state index is 13.3. The Labute approximate surface area is 245 Å². The lowest BCUT2D eigenvalue weighted by Crippen LogP contribution is -2.47. The van der Waals surface area contributed by atoms with Gasteiger partial charge in [-0.05, 0) is 43.5 Å². The Morgan fingerprint density at radius 1 is 1.10 bits per heavy atom. The monoisotopic (exact) mass is 622 g/mol. The molecule has 2 atom stereocenters. The number of alkyl halides is 1. The van der Waals surface area contributed by atoms with E-state index in [1.807, 2.05) is 24.3 Å². The van der Waals surface area contributed by atoms with Crippen LogP contribution in [0.25, 0.3) is 10.9 Å². The SMILES string of the molecule is O=S(=O)(NCCF)c1cccc(OC[C@@H](O)CN[C@H]2COC3(CCN(S(=O)(=O)c4cnc5ccccc5c4)CC3)C2)c1. The number of hydrogen-bond donors (Lipinski definition) is 3. The molecule has 0 aliphatic carbocycles. The zero-order valence-corrected chi connectivity index (χ0v) is 24.6. The van der Waals surface area contributed by atoms with E-state index in [2.05, 4.69) is 15.0 Å². The summed E-state index contributed by atoms with van der Waals surface area (Å²) in [7, 11) is -7.53. The van der Waals surface area contributed by atoms with Gasteiger partial charge in [0.05, 0.1) is 22.6 Å². The number of benzene rings is 2. The topological polar surface area (TPSA) is 147 Å². The van der Waals surface area contributed by atoms with Gasteiger partial charge in [0.25, 0.3) is 0 Å². The number of aromatic nitrogens is 1. The van der Waals surface area contributed by atoms with E-state index in [0.717, 1.165) is 10.9 Å². The number of nitrogens with zero attached hydrogens (tertiary/aromatic N) is 2. The van der Waals surface area contributed by atoms with Gasteiger partial charge in [-0.3, -0.25) is 4.98 Å². The van der Waals surface area contributed by atoms with E-state index in [4.69, 9.17) is 9.47 Å². The molecule has 0 bridgehead atoms. The number of para-hydroxylation sites is 1. The van der Waals surface area contributed by atoms with Gasteiger partial charge in [0.2, 0.25) is 20.0 Å². The number of piperidine rings is 1. The molecular formula is C28H35FN4O7S2. The van der Waals surface area contributed by atoms with Crippen molar-refractivity contribution in [1.82, 2.24) is 19.3 Å². The summed E-state index contributed by atoms with van der Waals surface area (Å²) in [5.41, 5.74) is 0.321. The van der Waals surface area contributed by atoms with Crippen LogP contribution in [0, 0.1) is 0 Å². The molecule has 11 nitrogen and oxygen atoms in total. The van der Waals surface area contributed by atoms with Crippen molar-refractivity contribution in [2.45, 2.75) is 46.8 Å². The number of aliphatic hydroxyl groups excluding tert-OH is 1. The number of ether oxygens (including phenoxy) is 2. The van der Waals surface area contributed by atoms with Gasteiger partial charge in [0, 0.05) is 49.9 Å². The van der Waals surface area contributed by atoms with Crippen molar-refractivity contribution < 1.29 is 35.8 Å². The summed E-state index contributed by atoms with van der Waals surface area (Å²) in [5, 5.41) is 14.5. The lowest BCUT2D eigenvalue weighted by Gasteiger charge is -2.38. The first kappa shape index (κ1) is 30.7. The summed E-state index contributed by atoms with van der Waals surface area (Å²) < 4.78 is 78.7. The molecule has 2 aliphatic heterocycles. The third kappa shape index (κ3) is 7.08. The molecule has 2 fully saturated rings. The Morgan fingerprint density at radius 2 is 1.88 bits per heavy atom. The second-order valence-corrected chi connectivity index (χ2v) is 14.3. The highest BCUT2D eigenvalue weighted by Crippen LogP contribution is 2.37. The van der Waals surface area contributed by atoms with Crippen molar-refractivity contribution in [1.29, 1.82) is 0 Å². The minimum absolute atomic E-state index is 0.0115. The molecule has 14 heteroatoms. The lowest BCUT2D eigenvalue weighted by molar-refractivity contribution is -0.0312. The minimum atomic E-state index is -3.85. The van der Waals surface area contributed by atoms with E-state index in [9.17, 15) is 26.3 Å². The van der Waals surface area contributed by atoms with Crippen LogP contribution >= 0.6 is 0 Å². The Bertz CT molecular complexity index is 1600. The van der Waals surface area contributed by atoms with Crippen molar-refractivity contribution in [2.75, 3.05) is 46.1 Å². The Hall–Kier alpha value is -2.72. The lowest BCUT2D eigenvalue weighted by atomic mass is 9.88. The van der Waals surface area contributed by atoms with E-state index in [0.29, 0.717) is 39.0 Å². The molecule has 2 aromatic carbocycles. The van der Waals surface area contributed by atoms with Crippen molar-refractivity contribution in [2.24, 2.45) is 0 Å². The fraction of sp³-hybridized carbons (Fsp3) is 0.464. The van der Waals surface area contributed by atoms with Gasteiger partial charge in [0.1, 0.15) is 30.0 Å². The van der Waals surface area contributed by atoms with Gasteiger partial charge in [-0.2, -0.15) is 4.31 Å². The number of nitrogens with one attached hydrogen (secondary N) is 2. The minimum Gasteiger partial charge on any atom is -0.491 e. The van der Waals surface area contributed by atoms with Crippen molar-refractivity contribution in [3.8, 4) is 5.75 Å². The molecule has 3 aromatic rings. The standard InChI is InChI=1S/C28H35FN4O7S2/c29-10-11-32-41(35,36)25-6-3-5-24(15-25)39-20-23(34)17-30-22-16-28(40-19-22)8-12-33(13-9-28)42(37,38)26-14-21-4-1-2-7-27(21)31-18-26/h1-7,14-15,18,22-23,30,32,34H,8-13,16-17,19-20H2/t22-,23+/m1/s1. The van der Waals surface area contributed by atoms with E-state index < -0.39 is 38.4 Å². The third-order valence-corrected chi connectivity index (χ3v) is 11.0. The van der Waals surface area contributed by atoms with Crippen LogP contribution in [0.2, 0.25) is 0 Å². The van der Waals surface area contributed by atoms with Gasteiger partial charge in [-0.25, -0.2) is 25.9 Å². The molecule has 42 heavy (non-hydrogen) atoms. The van der Waals surface area contributed by atoms with Crippen LogP contribution in [0.3, 0.4) is 0 Å². The highest BCUT2D eigenvalue weighted by molar-refractivity contribution is 7.89. The average Bonchev–Trinajstić information content (AvgIpc) is 3.40. The van der Waals surface area contributed by atoms with Gasteiger partial charge in [0.15, 0.2) is 0 Å². The Kier molecular flexibility index (Phi) is 9.42. The fourth-order valence-electron chi connectivity index (χ4n) is 5.34. The predicted molar refractivity (Wildman–Crippen MR) is 154 cm³/mol. The van der Waals surface area contributed by atoms with Gasteiger partial charge in [-0.15, -0.1) is 0 Å². The highest BCUT2D eigenvalue weighted by Gasteiger charge is 2.44. The molecule has 0 unspecified atom stereocenters. The summed E-state index contributed by atoms with van der Waals surface area (Å²) in [4.78, 5) is 4.43. The molecule has 3 N–H and O–H groups in total. The second kappa shape index (κ2) is 12.9. The molecule has 0 radical (unpaired) electrons. The first-order valence-electron chi connectivity index (χ1n) is 13.8. The number of sulfonamides is 2. The summed E-state index contributed by atoms with van der Waals surface area (Å²) in [6.45, 7) is 0.170. The molecule has 228 valence electrons. The zero-order chi connectivity index (χ0) is 29.8. The quantitative estimate of drug-likeness (QED) is 0.275. The second-order valence-electron chi connectivity index (χ2n) is 10.6. The van der Waals surface area contributed by atoms with Crippen LogP contribution in [0.15, 0.2) is 70.6 Å². The largest absolute Gasteiger partial charge is 0.491 e. The number of hydrogen-bond acceptors (Lipinski definition) is 9. The molecule has 0 saturated carbocycles. The first-order valence-corrected chi connectivity index (χ1v) is 16.7. The number of halogens is 1. The number of pyridine rings is 1. The average molecular weight is 623 g/mol. The first-order chi connectivity index (χ1) is 20.1. The van der Waals surface area contributed by atoms with Crippen LogP contribution in [0.1, 0.15) is 19.3 Å². The molecule has 1 aromatic heterocycles. The van der Waals surface area contributed by atoms with E-state index in [1.165, 1.54) is 28.7 Å². The van der Waals surface area contributed by atoms with Crippen LogP contribution in [0.5, 0.6) is 5.75 Å². The zero-order valence-electron chi connectivity index (χ0n) is 23.0. The Balaban J connectivity index is 1.08. The molecule has 5 rings (SSSR count). The molecule has 0 amide bonds. The van der Waals surface area contributed by atoms with E-state index >= 15 is 0 Å². The number of aliphatic hydroxyl groups is 1. The molecule has 3 heterocycles. The van der Waals surface area contributed by atoms with Crippen LogP contribution < -0.4 is 14.8 Å². The fourth-order valence-corrected chi connectivity index (χ4v) is 7.81. The van der Waals surface area contributed by atoms with Gasteiger partial charge in [-0.1, -0.05) is 24.3 Å². The highest BCUT2D eigenvalue weighted by atomic mass is 32.2. The maximum Gasteiger partial charge on any atom is 0.244 e. The number of rotatable bonds is 12. The third-order valence-electron chi connectivity index (χ3n) is 7.63. The molecule has 2 aliphatic rings. The van der Waals surface area contributed by atoms with Crippen LogP contribution in [-0.2, 0) is 24.8 Å². The smallest absolute Gasteiger partial charge is 0.244 e. The van der Waals surface area contributed by atoms with Crippen molar-refractivity contribution >= 4 is 30.9 Å². The maximum absolute atomic E-state index is 13.3. The molecular weight excluding hydrogens is 587 g/mol. The summed E-state index contributed by atoms with van der Waals surface area (Å²) in [5.74, 6) is 0.265. The van der Waals surface area contributed by atoms with Crippen LogP contribution in [-0.4, -0.2) is 95.0 Å². The summed E-state index contributed by atoms with van der Waals surface area (Å²) >= 11 is 0. The van der Waals surface area contributed by atoms with Crippen LogP contribution in [0.4, 0.5) is 4.39 Å². The number of fused-ring (bicyclic) bond motifs is 1. The van der Waals surface area contributed by atoms with E-state index in [1.54, 1.807) is 12.1 Å². The summed E-state index contributed by atoms with van der Waals surface area (Å²) in [6.07, 6.45) is 2.37.